The minimum atomic E-state index is -1.21. The Balaban J connectivity index is 2.70. The molecule has 1 aliphatic rings. The van der Waals surface area contributed by atoms with Crippen molar-refractivity contribution in [1.29, 1.82) is 0 Å². The lowest BCUT2D eigenvalue weighted by atomic mass is 10.1. The van der Waals surface area contributed by atoms with Crippen molar-refractivity contribution < 1.29 is 4.21 Å². The lowest BCUT2D eigenvalue weighted by molar-refractivity contribution is 0.650. The van der Waals surface area contributed by atoms with Crippen molar-refractivity contribution in [1.82, 2.24) is 0 Å². The molecule has 15 heavy (non-hydrogen) atoms. The van der Waals surface area contributed by atoms with E-state index in [2.05, 4.69) is 25.3 Å². The van der Waals surface area contributed by atoms with E-state index in [1.54, 1.807) is 12.4 Å². The molecule has 0 fully saturated rings. The molecule has 1 unspecified atom stereocenters. The highest BCUT2D eigenvalue weighted by Gasteiger charge is 2.24. The van der Waals surface area contributed by atoms with Gasteiger partial charge in [0.25, 0.3) is 0 Å². The number of aliphatic imine (C=N–C) groups is 1. The Hall–Kier alpha value is -0.290. The molecule has 1 rings (SSSR count). The van der Waals surface area contributed by atoms with Gasteiger partial charge in [-0.25, -0.2) is 4.21 Å². The quantitative estimate of drug-likeness (QED) is 0.568. The van der Waals surface area contributed by atoms with Gasteiger partial charge in [-0.1, -0.05) is 22.0 Å². The van der Waals surface area contributed by atoms with Crippen LogP contribution in [0, 0.1) is 0 Å². The molecular formula is C10H15BrN2OS. The molecule has 0 aromatic carbocycles. The zero-order valence-electron chi connectivity index (χ0n) is 9.11. The van der Waals surface area contributed by atoms with Gasteiger partial charge in [-0.05, 0) is 26.8 Å². The SMILES string of the molecule is CC(C)(C)[S@](=O)/N=C/C1(Br)C=CC=NC1. The molecule has 3 nitrogen and oxygen atoms in total. The smallest absolute Gasteiger partial charge is 0.144 e. The summed E-state index contributed by atoms with van der Waals surface area (Å²) in [5, 5.41) is 0. The standard InChI is InChI=1S/C10H15BrN2OS/c1-9(2,3)15(14)13-8-10(11)5-4-6-12-7-10/h4-6,8H,7H2,1-3H3/b13-8+/t10?,15-/m0/s1. The van der Waals surface area contributed by atoms with E-state index in [0.717, 1.165) is 0 Å². The summed E-state index contributed by atoms with van der Waals surface area (Å²) in [5.41, 5.74) is 0. The third-order valence-electron chi connectivity index (χ3n) is 1.79. The second-order valence-electron chi connectivity index (χ2n) is 4.37. The molecule has 1 heterocycles. The fourth-order valence-corrected chi connectivity index (χ4v) is 2.02. The Labute approximate surface area is 101 Å². The van der Waals surface area contributed by atoms with Gasteiger partial charge in [0.2, 0.25) is 0 Å². The average molecular weight is 291 g/mol. The van der Waals surface area contributed by atoms with E-state index in [1.807, 2.05) is 32.9 Å². The molecule has 0 aromatic rings. The largest absolute Gasteiger partial charge is 0.291 e. The first-order valence-corrected chi connectivity index (χ1v) is 6.57. The molecule has 0 aliphatic carbocycles. The second kappa shape index (κ2) is 4.70. The van der Waals surface area contributed by atoms with Crippen LogP contribution in [-0.4, -0.2) is 32.3 Å². The molecule has 0 saturated heterocycles. The van der Waals surface area contributed by atoms with Crippen LogP contribution in [-0.2, 0) is 11.0 Å². The maximum Gasteiger partial charge on any atom is 0.144 e. The highest BCUT2D eigenvalue weighted by atomic mass is 79.9. The molecule has 0 amide bonds. The number of dihydropyridines is 1. The van der Waals surface area contributed by atoms with Crippen molar-refractivity contribution >= 4 is 39.3 Å². The summed E-state index contributed by atoms with van der Waals surface area (Å²) < 4.78 is 15.1. The first-order chi connectivity index (χ1) is 6.83. The molecule has 0 saturated carbocycles. The summed E-state index contributed by atoms with van der Waals surface area (Å²) in [6.45, 7) is 6.29. The third kappa shape index (κ3) is 3.99. The van der Waals surface area contributed by atoms with Gasteiger partial charge in [-0.15, -0.1) is 0 Å². The van der Waals surface area contributed by atoms with Crippen LogP contribution < -0.4 is 0 Å². The first kappa shape index (κ1) is 12.8. The molecule has 0 bridgehead atoms. The lowest BCUT2D eigenvalue weighted by Crippen LogP contribution is -2.27. The zero-order valence-corrected chi connectivity index (χ0v) is 11.5. The molecular weight excluding hydrogens is 276 g/mol. The number of hydrogen-bond donors (Lipinski definition) is 0. The van der Waals surface area contributed by atoms with Crippen molar-refractivity contribution in [3.63, 3.8) is 0 Å². The maximum atomic E-state index is 11.7. The van der Waals surface area contributed by atoms with E-state index in [1.165, 1.54) is 0 Å². The van der Waals surface area contributed by atoms with Crippen LogP contribution in [0.5, 0.6) is 0 Å². The van der Waals surface area contributed by atoms with Gasteiger partial charge in [0.1, 0.15) is 11.0 Å². The van der Waals surface area contributed by atoms with Crippen LogP contribution in [0.1, 0.15) is 20.8 Å². The van der Waals surface area contributed by atoms with Gasteiger partial charge >= 0.3 is 0 Å². The molecule has 1 aliphatic heterocycles. The Morgan fingerprint density at radius 2 is 2.27 bits per heavy atom. The molecule has 0 spiro atoms. The molecule has 5 heteroatoms. The molecule has 2 atom stereocenters. The summed E-state index contributed by atoms with van der Waals surface area (Å²) in [7, 11) is -1.21. The van der Waals surface area contributed by atoms with Gasteiger partial charge in [-0.2, -0.15) is 4.40 Å². The number of allylic oxidation sites excluding steroid dienone is 1. The van der Waals surface area contributed by atoms with Crippen LogP contribution in [0.4, 0.5) is 0 Å². The van der Waals surface area contributed by atoms with Crippen molar-refractivity contribution in [3.05, 3.63) is 12.2 Å². The van der Waals surface area contributed by atoms with E-state index in [0.29, 0.717) is 6.54 Å². The number of nitrogens with zero attached hydrogens (tertiary/aromatic N) is 2. The summed E-state index contributed by atoms with van der Waals surface area (Å²) in [5.74, 6) is 0. The van der Waals surface area contributed by atoms with E-state index in [-0.39, 0.29) is 9.07 Å². The number of halogens is 1. The van der Waals surface area contributed by atoms with E-state index in [9.17, 15) is 4.21 Å². The van der Waals surface area contributed by atoms with Crippen LogP contribution in [0.25, 0.3) is 0 Å². The predicted octanol–water partition coefficient (Wildman–Crippen LogP) is 2.29. The minimum absolute atomic E-state index is 0.318. The Bertz CT molecular complexity index is 344. The lowest BCUT2D eigenvalue weighted by Gasteiger charge is -2.19. The Kier molecular flexibility index (Phi) is 4.00. The summed E-state index contributed by atoms with van der Waals surface area (Å²) >= 11 is 3.51. The third-order valence-corrected chi connectivity index (χ3v) is 3.85. The maximum absolute atomic E-state index is 11.7. The monoisotopic (exact) mass is 290 g/mol. The fraction of sp³-hybridized carbons (Fsp3) is 0.600. The normalized spacial score (nSPS) is 28.5. The Morgan fingerprint density at radius 3 is 2.73 bits per heavy atom. The van der Waals surface area contributed by atoms with Gasteiger partial charge in [0.15, 0.2) is 0 Å². The van der Waals surface area contributed by atoms with E-state index >= 15 is 0 Å². The summed E-state index contributed by atoms with van der Waals surface area (Å²) in [4.78, 5) is 4.12. The van der Waals surface area contributed by atoms with Crippen LogP contribution in [0.15, 0.2) is 21.5 Å². The molecule has 0 radical (unpaired) electrons. The van der Waals surface area contributed by atoms with Crippen LogP contribution in [0.3, 0.4) is 0 Å². The highest BCUT2D eigenvalue weighted by Crippen LogP contribution is 2.21. The Morgan fingerprint density at radius 1 is 1.60 bits per heavy atom. The second-order valence-corrected chi connectivity index (χ2v) is 7.78. The van der Waals surface area contributed by atoms with Crippen molar-refractivity contribution in [3.8, 4) is 0 Å². The first-order valence-electron chi connectivity index (χ1n) is 4.67. The number of rotatable bonds is 2. The highest BCUT2D eigenvalue weighted by molar-refractivity contribution is 9.10. The van der Waals surface area contributed by atoms with Gasteiger partial charge in [-0.3, -0.25) is 4.99 Å². The predicted molar refractivity (Wildman–Crippen MR) is 70.5 cm³/mol. The van der Waals surface area contributed by atoms with Crippen LogP contribution in [0.2, 0.25) is 0 Å². The van der Waals surface area contributed by atoms with Gasteiger partial charge in [0.05, 0.1) is 15.6 Å². The van der Waals surface area contributed by atoms with Gasteiger partial charge in [0, 0.05) is 12.4 Å². The minimum Gasteiger partial charge on any atom is -0.291 e. The topological polar surface area (TPSA) is 41.8 Å². The fourth-order valence-electron chi connectivity index (χ4n) is 0.887. The molecule has 0 N–H and O–H groups in total. The number of alkyl halides is 1. The summed E-state index contributed by atoms with van der Waals surface area (Å²) in [6, 6.07) is 0. The molecule has 0 aromatic heterocycles. The zero-order chi connectivity index (χ0) is 11.5. The van der Waals surface area contributed by atoms with Crippen LogP contribution >= 0.6 is 15.9 Å². The van der Waals surface area contributed by atoms with E-state index in [4.69, 9.17) is 0 Å². The molecule has 84 valence electrons. The van der Waals surface area contributed by atoms with Crippen molar-refractivity contribution in [2.45, 2.75) is 29.8 Å². The summed E-state index contributed by atoms with van der Waals surface area (Å²) in [6.07, 6.45) is 7.21. The van der Waals surface area contributed by atoms with Crippen molar-refractivity contribution in [2.75, 3.05) is 6.54 Å². The van der Waals surface area contributed by atoms with Crippen molar-refractivity contribution in [2.24, 2.45) is 9.39 Å². The van der Waals surface area contributed by atoms with Gasteiger partial charge < -0.3 is 0 Å². The average Bonchev–Trinajstić information content (AvgIpc) is 2.14. The number of hydrogen-bond acceptors (Lipinski definition) is 2. The van der Waals surface area contributed by atoms with E-state index < -0.39 is 11.0 Å².